The molecule has 1 fully saturated rings. The maximum atomic E-state index is 13.1. The Morgan fingerprint density at radius 2 is 1.31 bits per heavy atom. The molecule has 1 aromatic heterocycles. The lowest BCUT2D eigenvalue weighted by Crippen LogP contribution is -2.45. The first-order valence-electron chi connectivity index (χ1n) is 17.8. The number of carbonyl (C=O) groups excluding carboxylic acids is 3. The first kappa shape index (κ1) is 41.8. The van der Waals surface area contributed by atoms with Gasteiger partial charge in [-0.1, -0.05) is 65.0 Å². The largest absolute Gasteiger partial charge is 0.476 e. The van der Waals surface area contributed by atoms with E-state index in [9.17, 15) is 14.4 Å². The van der Waals surface area contributed by atoms with Crippen LogP contribution in [0.4, 0.5) is 0 Å². The number of esters is 1. The Kier molecular flexibility index (Phi) is 14.1. The van der Waals surface area contributed by atoms with Crippen molar-refractivity contribution in [3.05, 3.63) is 133 Å². The van der Waals surface area contributed by atoms with Crippen LogP contribution in [-0.4, -0.2) is 57.2 Å². The molecule has 6 rings (SSSR count). The molecule has 288 valence electrons. The fourth-order valence-corrected chi connectivity index (χ4v) is 6.56. The van der Waals surface area contributed by atoms with Crippen molar-refractivity contribution in [1.82, 2.24) is 20.2 Å². The number of hydrogen-bond acceptors (Lipinski definition) is 7. The number of halogens is 4. The predicted octanol–water partition coefficient (Wildman–Crippen LogP) is 10.6. The van der Waals surface area contributed by atoms with Gasteiger partial charge in [-0.3, -0.25) is 15.0 Å². The molecule has 55 heavy (non-hydrogen) atoms. The summed E-state index contributed by atoms with van der Waals surface area (Å²) in [5.41, 5.74) is 6.38. The molecule has 1 saturated heterocycles. The maximum Gasteiger partial charge on any atom is 0.350 e. The molecule has 2 heterocycles. The number of hydrazine groups is 1. The first-order chi connectivity index (χ1) is 26.1. The van der Waals surface area contributed by atoms with E-state index in [2.05, 4.69) is 10.5 Å². The number of rotatable bonds is 10. The molecule has 1 aliphatic heterocycles. The molecule has 0 saturated carbocycles. The Hall–Kier alpha value is -4.38. The van der Waals surface area contributed by atoms with Crippen molar-refractivity contribution in [2.24, 2.45) is 0 Å². The minimum Gasteiger partial charge on any atom is -0.476 e. The summed E-state index contributed by atoms with van der Waals surface area (Å²) in [6, 6.07) is 26.0. The van der Waals surface area contributed by atoms with Gasteiger partial charge in [0.05, 0.1) is 22.5 Å². The van der Waals surface area contributed by atoms with Crippen LogP contribution in [0.25, 0.3) is 16.9 Å². The van der Waals surface area contributed by atoms with E-state index in [-0.39, 0.29) is 17.8 Å². The molecule has 1 amide bonds. The summed E-state index contributed by atoms with van der Waals surface area (Å²) < 4.78 is 12.6. The van der Waals surface area contributed by atoms with Gasteiger partial charge in [0.25, 0.3) is 5.91 Å². The molecular formula is C42H42Cl4N4O5. The first-order valence-corrected chi connectivity index (χ1v) is 19.3. The summed E-state index contributed by atoms with van der Waals surface area (Å²) in [4.78, 5) is 37.5. The third kappa shape index (κ3) is 10.9. The fraction of sp³-hybridized carbons (Fsp3) is 0.286. The van der Waals surface area contributed by atoms with E-state index in [4.69, 9.17) is 55.9 Å². The van der Waals surface area contributed by atoms with Gasteiger partial charge in [-0.05, 0) is 126 Å². The van der Waals surface area contributed by atoms with Gasteiger partial charge in [0.15, 0.2) is 17.1 Å². The summed E-state index contributed by atoms with van der Waals surface area (Å²) >= 11 is 24.5. The van der Waals surface area contributed by atoms with Gasteiger partial charge in [0.1, 0.15) is 5.75 Å². The third-order valence-corrected chi connectivity index (χ3v) is 9.68. The molecule has 1 N–H and O–H groups in total. The molecule has 0 atom stereocenters. The second kappa shape index (κ2) is 18.5. The Balaban J connectivity index is 0.000000215. The zero-order valence-electron chi connectivity index (χ0n) is 31.2. The highest BCUT2D eigenvalue weighted by molar-refractivity contribution is 6.35. The number of hydrogen-bond donors (Lipinski definition) is 1. The van der Waals surface area contributed by atoms with Crippen molar-refractivity contribution in [2.45, 2.75) is 65.6 Å². The highest BCUT2D eigenvalue weighted by atomic mass is 35.5. The molecule has 9 nitrogen and oxygen atoms in total. The van der Waals surface area contributed by atoms with Crippen molar-refractivity contribution in [1.29, 1.82) is 0 Å². The van der Waals surface area contributed by atoms with Gasteiger partial charge < -0.3 is 9.47 Å². The average molecular weight is 825 g/mol. The minimum atomic E-state index is -1.12. The normalized spacial score (nSPS) is 13.1. The zero-order chi connectivity index (χ0) is 39.9. The van der Waals surface area contributed by atoms with Crippen LogP contribution < -0.4 is 10.2 Å². The second-order valence-electron chi connectivity index (χ2n) is 13.8. The van der Waals surface area contributed by atoms with Gasteiger partial charge in [-0.25, -0.2) is 14.5 Å². The average Bonchev–Trinajstić information content (AvgIpc) is 3.49. The van der Waals surface area contributed by atoms with E-state index in [1.165, 1.54) is 6.42 Å². The van der Waals surface area contributed by atoms with Crippen molar-refractivity contribution >= 4 is 64.1 Å². The Labute approximate surface area is 341 Å². The van der Waals surface area contributed by atoms with Crippen LogP contribution in [-0.2, 0) is 9.53 Å². The number of piperidine rings is 1. The lowest BCUT2D eigenvalue weighted by atomic mass is 10.0. The summed E-state index contributed by atoms with van der Waals surface area (Å²) in [5.74, 6) is -0.294. The van der Waals surface area contributed by atoms with Crippen LogP contribution in [0.15, 0.2) is 91.0 Å². The van der Waals surface area contributed by atoms with Gasteiger partial charge >= 0.3 is 5.97 Å². The third-order valence-electron chi connectivity index (χ3n) is 8.64. The Morgan fingerprint density at radius 3 is 1.87 bits per heavy atom. The lowest BCUT2D eigenvalue weighted by Gasteiger charge is -2.26. The molecule has 0 unspecified atom stereocenters. The molecule has 0 spiro atoms. The van der Waals surface area contributed by atoms with Crippen LogP contribution >= 0.6 is 46.4 Å². The smallest absolute Gasteiger partial charge is 0.350 e. The number of ketones is 1. The van der Waals surface area contributed by atoms with Crippen molar-refractivity contribution in [3.63, 3.8) is 0 Å². The SMILES string of the molecule is CC(C)OC(=O)C(C)(C)Oc1ccc(C(=O)c2ccc(Cl)cc2)cc1.Cc1c(C(=O)NN2CCCCC2)nn(-c2ccc(Cl)cc2Cl)c1-c1ccc(Cl)cc1. The van der Waals surface area contributed by atoms with E-state index in [1.807, 2.05) is 36.2 Å². The van der Waals surface area contributed by atoms with E-state index >= 15 is 0 Å². The number of ether oxygens (including phenoxy) is 2. The van der Waals surface area contributed by atoms with E-state index in [1.54, 1.807) is 99.1 Å². The van der Waals surface area contributed by atoms with E-state index < -0.39 is 11.6 Å². The van der Waals surface area contributed by atoms with Crippen LogP contribution in [0.5, 0.6) is 5.75 Å². The molecule has 4 aromatic carbocycles. The van der Waals surface area contributed by atoms with Crippen molar-refractivity contribution in [2.75, 3.05) is 13.1 Å². The topological polar surface area (TPSA) is 103 Å². The van der Waals surface area contributed by atoms with Crippen LogP contribution in [0.3, 0.4) is 0 Å². The minimum absolute atomic E-state index is 0.110. The van der Waals surface area contributed by atoms with E-state index in [0.717, 1.165) is 42.8 Å². The van der Waals surface area contributed by atoms with E-state index in [0.29, 0.717) is 48.3 Å². The zero-order valence-corrected chi connectivity index (χ0v) is 34.2. The summed E-state index contributed by atoms with van der Waals surface area (Å²) in [6.45, 7) is 10.4. The van der Waals surface area contributed by atoms with Gasteiger partial charge in [-0.15, -0.1) is 0 Å². The van der Waals surface area contributed by atoms with Gasteiger partial charge in [0, 0.05) is 50.4 Å². The number of nitrogens with one attached hydrogen (secondary N) is 1. The van der Waals surface area contributed by atoms with Gasteiger partial charge in [0.2, 0.25) is 0 Å². The standard InChI is InChI=1S/C22H21Cl3N4O.C20H21ClO4/c1-14-20(22(30)27-28-11-3-2-4-12-28)26-29(19-10-9-17(24)13-18(19)25)21(14)15-5-7-16(23)8-6-15;1-13(2)24-19(23)20(3,4)25-17-11-7-15(8-12-17)18(22)14-5-9-16(21)10-6-14/h5-10,13H,2-4,11-12H2,1H3,(H,27,30);5-13H,1-4H3. The highest BCUT2D eigenvalue weighted by Crippen LogP contribution is 2.33. The highest BCUT2D eigenvalue weighted by Gasteiger charge is 2.32. The monoisotopic (exact) mass is 822 g/mol. The predicted molar refractivity (Wildman–Crippen MR) is 219 cm³/mol. The Morgan fingerprint density at radius 1 is 0.764 bits per heavy atom. The number of amides is 1. The van der Waals surface area contributed by atoms with Crippen molar-refractivity contribution < 1.29 is 23.9 Å². The number of aromatic nitrogens is 2. The fourth-order valence-electron chi connectivity index (χ4n) is 5.82. The summed E-state index contributed by atoms with van der Waals surface area (Å²) in [6.07, 6.45) is 3.12. The molecule has 1 aliphatic rings. The molecule has 0 bridgehead atoms. The molecular weight excluding hydrogens is 782 g/mol. The van der Waals surface area contributed by atoms with Crippen LogP contribution in [0.1, 0.15) is 78.9 Å². The van der Waals surface area contributed by atoms with Crippen LogP contribution in [0.2, 0.25) is 20.1 Å². The van der Waals surface area contributed by atoms with Gasteiger partial charge in [-0.2, -0.15) is 5.10 Å². The molecule has 0 radical (unpaired) electrons. The molecule has 5 aromatic rings. The van der Waals surface area contributed by atoms with Crippen LogP contribution in [0, 0.1) is 6.92 Å². The quantitative estimate of drug-likeness (QED) is 0.110. The Bertz CT molecular complexity index is 2130. The number of nitrogens with zero attached hydrogens (tertiary/aromatic N) is 3. The maximum absolute atomic E-state index is 13.1. The van der Waals surface area contributed by atoms with Crippen molar-refractivity contribution in [3.8, 4) is 22.7 Å². The second-order valence-corrected chi connectivity index (χ2v) is 15.5. The molecule has 0 aliphatic carbocycles. The number of benzene rings is 4. The molecule has 13 heteroatoms. The lowest BCUT2D eigenvalue weighted by molar-refractivity contribution is -0.163. The summed E-state index contributed by atoms with van der Waals surface area (Å²) in [7, 11) is 0. The summed E-state index contributed by atoms with van der Waals surface area (Å²) in [5, 5.41) is 8.80. The number of carbonyl (C=O) groups is 3.